The Kier molecular flexibility index (Phi) is 3.36. The standard InChI is InChI=1S/C14H20N4O/c1-3-13-15-14(19-17-13)10(2)18-9-8-12(16-18)11-6-4-5-7-11/h8-11H,3-7H2,1-2H3. The molecule has 1 saturated carbocycles. The van der Waals surface area contributed by atoms with Gasteiger partial charge < -0.3 is 4.52 Å². The molecule has 0 spiro atoms. The Hall–Kier alpha value is -1.65. The summed E-state index contributed by atoms with van der Waals surface area (Å²) in [4.78, 5) is 4.37. The van der Waals surface area contributed by atoms with Gasteiger partial charge >= 0.3 is 0 Å². The van der Waals surface area contributed by atoms with Crippen LogP contribution in [-0.2, 0) is 6.42 Å². The van der Waals surface area contributed by atoms with Crippen LogP contribution in [-0.4, -0.2) is 19.9 Å². The van der Waals surface area contributed by atoms with Crippen LogP contribution in [0.2, 0.25) is 0 Å². The lowest BCUT2D eigenvalue weighted by atomic mass is 10.1. The van der Waals surface area contributed by atoms with E-state index in [1.165, 1.54) is 31.4 Å². The van der Waals surface area contributed by atoms with Crippen molar-refractivity contribution in [3.8, 4) is 0 Å². The van der Waals surface area contributed by atoms with E-state index < -0.39 is 0 Å². The highest BCUT2D eigenvalue weighted by atomic mass is 16.5. The Balaban J connectivity index is 1.77. The van der Waals surface area contributed by atoms with Crippen molar-refractivity contribution in [2.24, 2.45) is 0 Å². The lowest BCUT2D eigenvalue weighted by molar-refractivity contribution is 0.332. The average molecular weight is 260 g/mol. The van der Waals surface area contributed by atoms with Crippen molar-refractivity contribution in [2.75, 3.05) is 0 Å². The molecule has 0 aromatic carbocycles. The van der Waals surface area contributed by atoms with Gasteiger partial charge in [0.15, 0.2) is 5.82 Å². The molecule has 1 atom stereocenters. The predicted molar refractivity (Wildman–Crippen MR) is 70.9 cm³/mol. The Morgan fingerprint density at radius 2 is 2.21 bits per heavy atom. The number of aryl methyl sites for hydroxylation is 1. The lowest BCUT2D eigenvalue weighted by Crippen LogP contribution is -2.09. The Morgan fingerprint density at radius 1 is 1.42 bits per heavy atom. The van der Waals surface area contributed by atoms with Crippen molar-refractivity contribution in [2.45, 2.75) is 57.9 Å². The van der Waals surface area contributed by atoms with Crippen molar-refractivity contribution in [3.63, 3.8) is 0 Å². The van der Waals surface area contributed by atoms with Crippen molar-refractivity contribution in [1.29, 1.82) is 0 Å². The Bertz CT molecular complexity index is 539. The molecule has 0 aliphatic heterocycles. The third kappa shape index (κ3) is 2.41. The second kappa shape index (κ2) is 5.15. The van der Waals surface area contributed by atoms with Gasteiger partial charge in [0.25, 0.3) is 5.89 Å². The maximum Gasteiger partial charge on any atom is 0.251 e. The first-order chi connectivity index (χ1) is 9.28. The van der Waals surface area contributed by atoms with Crippen LogP contribution in [0.3, 0.4) is 0 Å². The molecule has 0 N–H and O–H groups in total. The SMILES string of the molecule is CCc1noc(C(C)n2ccc(C3CCCC3)n2)n1. The summed E-state index contributed by atoms with van der Waals surface area (Å²) >= 11 is 0. The molecule has 0 radical (unpaired) electrons. The van der Waals surface area contributed by atoms with Crippen molar-refractivity contribution >= 4 is 0 Å². The summed E-state index contributed by atoms with van der Waals surface area (Å²) in [5, 5.41) is 8.63. The second-order valence-electron chi connectivity index (χ2n) is 5.28. The molecule has 1 aliphatic rings. The maximum atomic E-state index is 5.28. The zero-order valence-electron chi connectivity index (χ0n) is 11.5. The van der Waals surface area contributed by atoms with Crippen LogP contribution in [0.5, 0.6) is 0 Å². The fourth-order valence-electron chi connectivity index (χ4n) is 2.70. The molecule has 3 rings (SSSR count). The number of aromatic nitrogens is 4. The minimum atomic E-state index is 0.00273. The van der Waals surface area contributed by atoms with Gasteiger partial charge in [-0.1, -0.05) is 24.9 Å². The molecular formula is C14H20N4O. The maximum absolute atomic E-state index is 5.28. The fraction of sp³-hybridized carbons (Fsp3) is 0.643. The zero-order chi connectivity index (χ0) is 13.2. The lowest BCUT2D eigenvalue weighted by Gasteiger charge is -2.08. The number of nitrogens with zero attached hydrogens (tertiary/aromatic N) is 4. The van der Waals surface area contributed by atoms with E-state index in [4.69, 9.17) is 9.62 Å². The van der Waals surface area contributed by atoms with Crippen LogP contribution in [0.4, 0.5) is 0 Å². The van der Waals surface area contributed by atoms with E-state index in [2.05, 4.69) is 16.2 Å². The fourth-order valence-corrected chi connectivity index (χ4v) is 2.70. The first-order valence-corrected chi connectivity index (χ1v) is 7.15. The highest BCUT2D eigenvalue weighted by molar-refractivity contribution is 5.09. The number of hydrogen-bond acceptors (Lipinski definition) is 4. The highest BCUT2D eigenvalue weighted by Gasteiger charge is 2.22. The van der Waals surface area contributed by atoms with E-state index in [0.29, 0.717) is 11.8 Å². The van der Waals surface area contributed by atoms with Gasteiger partial charge in [-0.3, -0.25) is 4.68 Å². The largest absolute Gasteiger partial charge is 0.337 e. The van der Waals surface area contributed by atoms with Gasteiger partial charge in [-0.15, -0.1) is 0 Å². The molecule has 1 fully saturated rings. The summed E-state index contributed by atoms with van der Waals surface area (Å²) in [6.45, 7) is 4.06. The van der Waals surface area contributed by atoms with Crippen LogP contribution >= 0.6 is 0 Å². The summed E-state index contributed by atoms with van der Waals surface area (Å²) in [6.07, 6.45) is 8.02. The van der Waals surface area contributed by atoms with Gasteiger partial charge in [0.1, 0.15) is 6.04 Å². The van der Waals surface area contributed by atoms with Crippen molar-refractivity contribution < 1.29 is 4.52 Å². The second-order valence-corrected chi connectivity index (χ2v) is 5.28. The van der Waals surface area contributed by atoms with E-state index in [-0.39, 0.29) is 6.04 Å². The normalized spacial score (nSPS) is 18.0. The minimum absolute atomic E-state index is 0.00273. The van der Waals surface area contributed by atoms with E-state index in [0.717, 1.165) is 12.2 Å². The Labute approximate surface area is 113 Å². The molecule has 5 heteroatoms. The summed E-state index contributed by atoms with van der Waals surface area (Å²) < 4.78 is 7.22. The summed E-state index contributed by atoms with van der Waals surface area (Å²) in [6, 6.07) is 2.13. The van der Waals surface area contributed by atoms with Crippen LogP contribution in [0.25, 0.3) is 0 Å². The molecule has 1 aliphatic carbocycles. The van der Waals surface area contributed by atoms with Crippen LogP contribution in [0.15, 0.2) is 16.8 Å². The zero-order valence-corrected chi connectivity index (χ0v) is 11.5. The van der Waals surface area contributed by atoms with Gasteiger partial charge in [0.2, 0.25) is 0 Å². The third-order valence-corrected chi connectivity index (χ3v) is 3.96. The molecular weight excluding hydrogens is 240 g/mol. The molecule has 102 valence electrons. The van der Waals surface area contributed by atoms with Crippen molar-refractivity contribution in [3.05, 3.63) is 29.7 Å². The van der Waals surface area contributed by atoms with Crippen LogP contribution in [0, 0.1) is 0 Å². The quantitative estimate of drug-likeness (QED) is 0.847. The molecule has 2 aromatic rings. The molecule has 5 nitrogen and oxygen atoms in total. The number of rotatable bonds is 4. The van der Waals surface area contributed by atoms with E-state index in [1.807, 2.05) is 24.7 Å². The monoisotopic (exact) mass is 260 g/mol. The van der Waals surface area contributed by atoms with Gasteiger partial charge in [0, 0.05) is 18.5 Å². The van der Waals surface area contributed by atoms with E-state index in [1.54, 1.807) is 0 Å². The van der Waals surface area contributed by atoms with Gasteiger partial charge in [-0.25, -0.2) is 0 Å². The van der Waals surface area contributed by atoms with Gasteiger partial charge in [-0.2, -0.15) is 10.1 Å². The molecule has 0 amide bonds. The minimum Gasteiger partial charge on any atom is -0.337 e. The molecule has 0 bridgehead atoms. The third-order valence-electron chi connectivity index (χ3n) is 3.96. The summed E-state index contributed by atoms with van der Waals surface area (Å²) in [5.41, 5.74) is 1.21. The van der Waals surface area contributed by atoms with Gasteiger partial charge in [-0.05, 0) is 25.8 Å². The van der Waals surface area contributed by atoms with E-state index in [9.17, 15) is 0 Å². The first-order valence-electron chi connectivity index (χ1n) is 7.15. The van der Waals surface area contributed by atoms with Gasteiger partial charge in [0.05, 0.1) is 5.69 Å². The predicted octanol–water partition coefficient (Wildman–Crippen LogP) is 3.10. The summed E-state index contributed by atoms with van der Waals surface area (Å²) in [5.74, 6) is 2.03. The first kappa shape index (κ1) is 12.4. The molecule has 1 unspecified atom stereocenters. The Morgan fingerprint density at radius 3 is 2.89 bits per heavy atom. The average Bonchev–Trinajstić information content (AvgIpc) is 3.16. The van der Waals surface area contributed by atoms with E-state index >= 15 is 0 Å². The van der Waals surface area contributed by atoms with Crippen molar-refractivity contribution in [1.82, 2.24) is 19.9 Å². The molecule has 0 saturated heterocycles. The number of hydrogen-bond donors (Lipinski definition) is 0. The highest BCUT2D eigenvalue weighted by Crippen LogP contribution is 2.33. The smallest absolute Gasteiger partial charge is 0.251 e. The van der Waals surface area contributed by atoms with Crippen LogP contribution in [0.1, 0.15) is 68.9 Å². The topological polar surface area (TPSA) is 56.7 Å². The molecule has 2 heterocycles. The molecule has 2 aromatic heterocycles. The van der Waals surface area contributed by atoms with Crippen LogP contribution < -0.4 is 0 Å². The summed E-state index contributed by atoms with van der Waals surface area (Å²) in [7, 11) is 0. The molecule has 19 heavy (non-hydrogen) atoms.